The maximum absolute atomic E-state index is 6.08. The van der Waals surface area contributed by atoms with Crippen molar-refractivity contribution < 1.29 is 14.2 Å². The Morgan fingerprint density at radius 1 is 0.923 bits per heavy atom. The van der Waals surface area contributed by atoms with E-state index in [1.165, 1.54) is 0 Å². The Labute approximate surface area is 165 Å². The normalized spacial score (nSPS) is 10.6. The molecule has 0 bridgehead atoms. The van der Waals surface area contributed by atoms with Gasteiger partial charge in [0.1, 0.15) is 18.1 Å². The summed E-state index contributed by atoms with van der Waals surface area (Å²) in [5.41, 5.74) is 1.04. The maximum Gasteiger partial charge on any atom is 0.137 e. The first-order chi connectivity index (χ1) is 12.7. The number of benzene rings is 2. The van der Waals surface area contributed by atoms with Gasteiger partial charge in [0, 0.05) is 29.9 Å². The highest BCUT2D eigenvalue weighted by Gasteiger charge is 2.02. The lowest BCUT2D eigenvalue weighted by molar-refractivity contribution is 0.110. The van der Waals surface area contributed by atoms with Crippen molar-refractivity contribution in [3.05, 3.63) is 52.5 Å². The number of hydrogen-bond donors (Lipinski definition) is 1. The molecular formula is C20H25Cl2NO3. The number of hydrogen-bond acceptors (Lipinski definition) is 4. The van der Waals surface area contributed by atoms with Crippen molar-refractivity contribution in [1.82, 2.24) is 0 Å². The molecule has 0 atom stereocenters. The predicted molar refractivity (Wildman–Crippen MR) is 108 cm³/mol. The molecule has 0 heterocycles. The summed E-state index contributed by atoms with van der Waals surface area (Å²) in [6, 6.07) is 13.2. The van der Waals surface area contributed by atoms with Crippen molar-refractivity contribution in [3.63, 3.8) is 0 Å². The van der Waals surface area contributed by atoms with E-state index in [4.69, 9.17) is 37.4 Å². The lowest BCUT2D eigenvalue weighted by Crippen LogP contribution is -2.07. The molecule has 0 aliphatic rings. The fraction of sp³-hybridized carbons (Fsp3) is 0.400. The first kappa shape index (κ1) is 20.7. The number of rotatable bonds is 12. The van der Waals surface area contributed by atoms with Gasteiger partial charge in [-0.2, -0.15) is 0 Å². The van der Waals surface area contributed by atoms with E-state index >= 15 is 0 Å². The van der Waals surface area contributed by atoms with E-state index in [0.717, 1.165) is 30.8 Å². The highest BCUT2D eigenvalue weighted by molar-refractivity contribution is 6.35. The third-order valence-corrected chi connectivity index (χ3v) is 4.12. The smallest absolute Gasteiger partial charge is 0.137 e. The zero-order valence-corrected chi connectivity index (χ0v) is 16.5. The van der Waals surface area contributed by atoms with Crippen LogP contribution in [-0.2, 0) is 4.74 Å². The summed E-state index contributed by atoms with van der Waals surface area (Å²) in [6.45, 7) is 5.32. The van der Waals surface area contributed by atoms with Gasteiger partial charge in [0.15, 0.2) is 0 Å². The molecule has 2 aromatic carbocycles. The number of unbranched alkanes of at least 4 members (excludes halogenated alkanes) is 1. The van der Waals surface area contributed by atoms with Crippen LogP contribution in [0.15, 0.2) is 42.5 Å². The van der Waals surface area contributed by atoms with Crippen LogP contribution in [0.4, 0.5) is 5.69 Å². The fourth-order valence-corrected chi connectivity index (χ4v) is 2.76. The van der Waals surface area contributed by atoms with Crippen LogP contribution in [0.25, 0.3) is 0 Å². The van der Waals surface area contributed by atoms with Gasteiger partial charge in [0.05, 0.1) is 18.2 Å². The monoisotopic (exact) mass is 397 g/mol. The Morgan fingerprint density at radius 3 is 2.62 bits per heavy atom. The highest BCUT2D eigenvalue weighted by atomic mass is 35.5. The van der Waals surface area contributed by atoms with E-state index < -0.39 is 0 Å². The molecule has 0 saturated heterocycles. The van der Waals surface area contributed by atoms with Gasteiger partial charge in [0.25, 0.3) is 0 Å². The molecule has 0 radical (unpaired) electrons. The summed E-state index contributed by atoms with van der Waals surface area (Å²) in [6.07, 6.45) is 1.91. The number of anilines is 1. The molecule has 2 rings (SSSR count). The molecule has 0 aromatic heterocycles. The number of halogens is 2. The SMILES string of the molecule is CCOCCOc1cccc(NCCCCOc2ccc(Cl)cc2Cl)c1. The summed E-state index contributed by atoms with van der Waals surface area (Å²) >= 11 is 11.9. The summed E-state index contributed by atoms with van der Waals surface area (Å²) in [5.74, 6) is 1.51. The molecule has 2 aromatic rings. The van der Waals surface area contributed by atoms with E-state index in [1.54, 1.807) is 18.2 Å². The number of ether oxygens (including phenoxy) is 3. The van der Waals surface area contributed by atoms with Crippen molar-refractivity contribution in [2.24, 2.45) is 0 Å². The van der Waals surface area contributed by atoms with Gasteiger partial charge >= 0.3 is 0 Å². The van der Waals surface area contributed by atoms with Crippen LogP contribution in [0.5, 0.6) is 11.5 Å². The standard InChI is InChI=1S/C20H25Cl2NO3/c1-2-24-12-13-25-18-7-5-6-17(15-18)23-10-3-4-11-26-20-9-8-16(21)14-19(20)22/h5-9,14-15,23H,2-4,10-13H2,1H3. The van der Waals surface area contributed by atoms with Crippen molar-refractivity contribution in [2.45, 2.75) is 19.8 Å². The van der Waals surface area contributed by atoms with Crippen LogP contribution < -0.4 is 14.8 Å². The average molecular weight is 398 g/mol. The van der Waals surface area contributed by atoms with Crippen LogP contribution in [0.2, 0.25) is 10.0 Å². The Bertz CT molecular complexity index is 667. The first-order valence-electron chi connectivity index (χ1n) is 8.81. The molecule has 26 heavy (non-hydrogen) atoms. The predicted octanol–water partition coefficient (Wildman–Crippen LogP) is 5.68. The van der Waals surface area contributed by atoms with Crippen molar-refractivity contribution in [2.75, 3.05) is 38.3 Å². The maximum atomic E-state index is 6.08. The average Bonchev–Trinajstić information content (AvgIpc) is 2.63. The Morgan fingerprint density at radius 2 is 1.81 bits per heavy atom. The summed E-state index contributed by atoms with van der Waals surface area (Å²) in [4.78, 5) is 0. The molecule has 6 heteroatoms. The third kappa shape index (κ3) is 7.73. The van der Waals surface area contributed by atoms with Crippen molar-refractivity contribution in [3.8, 4) is 11.5 Å². The minimum absolute atomic E-state index is 0.539. The van der Waals surface area contributed by atoms with Gasteiger partial charge in [-0.05, 0) is 50.1 Å². The van der Waals surface area contributed by atoms with Crippen LogP contribution in [0, 0.1) is 0 Å². The Hall–Kier alpha value is -1.62. The molecule has 1 N–H and O–H groups in total. The molecule has 142 valence electrons. The highest BCUT2D eigenvalue weighted by Crippen LogP contribution is 2.27. The molecule has 0 amide bonds. The van der Waals surface area contributed by atoms with E-state index in [0.29, 0.717) is 42.2 Å². The lowest BCUT2D eigenvalue weighted by Gasteiger charge is -2.11. The van der Waals surface area contributed by atoms with Crippen LogP contribution >= 0.6 is 23.2 Å². The van der Waals surface area contributed by atoms with Crippen molar-refractivity contribution in [1.29, 1.82) is 0 Å². The van der Waals surface area contributed by atoms with E-state index in [9.17, 15) is 0 Å². The minimum Gasteiger partial charge on any atom is -0.492 e. The second-order valence-corrected chi connectivity index (χ2v) is 6.47. The van der Waals surface area contributed by atoms with Gasteiger partial charge < -0.3 is 19.5 Å². The third-order valence-electron chi connectivity index (χ3n) is 3.59. The fourth-order valence-electron chi connectivity index (χ4n) is 2.29. The minimum atomic E-state index is 0.539. The first-order valence-corrected chi connectivity index (χ1v) is 9.57. The van der Waals surface area contributed by atoms with E-state index in [1.807, 2.05) is 31.2 Å². The zero-order chi connectivity index (χ0) is 18.6. The molecule has 0 unspecified atom stereocenters. The molecule has 0 aliphatic heterocycles. The molecule has 0 aliphatic carbocycles. The lowest BCUT2D eigenvalue weighted by atomic mass is 10.2. The van der Waals surface area contributed by atoms with Crippen LogP contribution in [-0.4, -0.2) is 33.0 Å². The molecule has 0 spiro atoms. The molecule has 0 saturated carbocycles. The number of nitrogens with one attached hydrogen (secondary N) is 1. The van der Waals surface area contributed by atoms with Crippen molar-refractivity contribution >= 4 is 28.9 Å². The zero-order valence-electron chi connectivity index (χ0n) is 15.0. The summed E-state index contributed by atoms with van der Waals surface area (Å²) in [7, 11) is 0. The van der Waals surface area contributed by atoms with Crippen LogP contribution in [0.3, 0.4) is 0 Å². The second-order valence-electron chi connectivity index (χ2n) is 5.63. The Kier molecular flexibility index (Phi) is 9.46. The molecule has 4 nitrogen and oxygen atoms in total. The van der Waals surface area contributed by atoms with Gasteiger partial charge in [-0.3, -0.25) is 0 Å². The van der Waals surface area contributed by atoms with Gasteiger partial charge in [0.2, 0.25) is 0 Å². The summed E-state index contributed by atoms with van der Waals surface area (Å²) in [5, 5.41) is 4.54. The van der Waals surface area contributed by atoms with Gasteiger partial charge in [-0.1, -0.05) is 29.3 Å². The van der Waals surface area contributed by atoms with E-state index in [2.05, 4.69) is 5.32 Å². The molecular weight excluding hydrogens is 373 g/mol. The quantitative estimate of drug-likeness (QED) is 0.467. The van der Waals surface area contributed by atoms with Gasteiger partial charge in [-0.15, -0.1) is 0 Å². The van der Waals surface area contributed by atoms with Crippen LogP contribution in [0.1, 0.15) is 19.8 Å². The van der Waals surface area contributed by atoms with Gasteiger partial charge in [-0.25, -0.2) is 0 Å². The Balaban J connectivity index is 1.62. The summed E-state index contributed by atoms with van der Waals surface area (Å²) < 4.78 is 16.6. The topological polar surface area (TPSA) is 39.7 Å². The molecule has 0 fully saturated rings. The second kappa shape index (κ2) is 11.9. The largest absolute Gasteiger partial charge is 0.492 e. The van der Waals surface area contributed by atoms with E-state index in [-0.39, 0.29) is 0 Å².